The van der Waals surface area contributed by atoms with Crippen LogP contribution >= 0.6 is 0 Å². The molecule has 2 heterocycles. The van der Waals surface area contributed by atoms with Crippen molar-refractivity contribution < 1.29 is 19.1 Å². The van der Waals surface area contributed by atoms with Gasteiger partial charge in [0.1, 0.15) is 11.8 Å². The van der Waals surface area contributed by atoms with Crippen molar-refractivity contribution in [2.24, 2.45) is 0 Å². The van der Waals surface area contributed by atoms with Gasteiger partial charge in [-0.2, -0.15) is 0 Å². The summed E-state index contributed by atoms with van der Waals surface area (Å²) in [6.45, 7) is 1.63. The summed E-state index contributed by atoms with van der Waals surface area (Å²) in [4.78, 5) is 27.2. The van der Waals surface area contributed by atoms with Crippen LogP contribution in [0.2, 0.25) is 0 Å². The van der Waals surface area contributed by atoms with Gasteiger partial charge in [-0.3, -0.25) is 9.59 Å². The van der Waals surface area contributed by atoms with Gasteiger partial charge >= 0.3 is 0 Å². The molecule has 3 aromatic rings. The smallest absolute Gasteiger partial charge is 0.261 e. The van der Waals surface area contributed by atoms with E-state index in [0.29, 0.717) is 25.3 Å². The third kappa shape index (κ3) is 4.27. The van der Waals surface area contributed by atoms with Crippen LogP contribution in [-0.4, -0.2) is 54.7 Å². The Balaban J connectivity index is 1.51. The molecule has 162 valence electrons. The van der Waals surface area contributed by atoms with Crippen LogP contribution in [0, 0.1) is 0 Å². The number of ether oxygens (including phenoxy) is 2. The van der Waals surface area contributed by atoms with Crippen molar-refractivity contribution >= 4 is 22.7 Å². The number of fused-ring (bicyclic) bond motifs is 2. The Hall–Kier alpha value is -3.32. The molecule has 31 heavy (non-hydrogen) atoms. The summed E-state index contributed by atoms with van der Waals surface area (Å²) in [5.74, 6) is 0.273. The van der Waals surface area contributed by atoms with Gasteiger partial charge in [-0.1, -0.05) is 30.3 Å². The van der Waals surface area contributed by atoms with Gasteiger partial charge < -0.3 is 24.3 Å². The van der Waals surface area contributed by atoms with Crippen molar-refractivity contribution in [1.82, 2.24) is 14.8 Å². The first-order chi connectivity index (χ1) is 15.1. The number of amides is 2. The molecule has 7 heteroatoms. The molecule has 0 saturated carbocycles. The number of benzene rings is 2. The molecule has 1 aliphatic rings. The van der Waals surface area contributed by atoms with Crippen LogP contribution in [-0.2, 0) is 33.8 Å². The normalized spacial score (nSPS) is 15.5. The third-order valence-electron chi connectivity index (χ3n) is 5.78. The Morgan fingerprint density at radius 1 is 1.10 bits per heavy atom. The molecule has 1 aliphatic heterocycles. The number of hydrogen-bond acceptors (Lipinski definition) is 4. The van der Waals surface area contributed by atoms with E-state index in [-0.39, 0.29) is 18.4 Å². The maximum absolute atomic E-state index is 13.1. The molecule has 2 aromatic carbocycles. The standard InChI is InChI=1S/C24H27N3O4/c1-25-24(29)21-14-17-6-3-4-7-18(17)15-27(21)23(28)16-31-22-9-5-8-20-19(22)10-11-26(20)12-13-30-2/h3-11,21H,12-16H2,1-2H3,(H,25,29)/t21-/m1/s1. The van der Waals surface area contributed by atoms with E-state index in [1.165, 1.54) is 0 Å². The second-order valence-electron chi connectivity index (χ2n) is 7.60. The van der Waals surface area contributed by atoms with E-state index >= 15 is 0 Å². The zero-order valence-electron chi connectivity index (χ0n) is 17.8. The molecule has 0 saturated heterocycles. The first-order valence-electron chi connectivity index (χ1n) is 10.4. The van der Waals surface area contributed by atoms with Crippen LogP contribution < -0.4 is 10.1 Å². The third-order valence-corrected chi connectivity index (χ3v) is 5.78. The largest absolute Gasteiger partial charge is 0.483 e. The predicted octanol–water partition coefficient (Wildman–Crippen LogP) is 2.37. The molecule has 0 fully saturated rings. The summed E-state index contributed by atoms with van der Waals surface area (Å²) in [6.07, 6.45) is 2.49. The molecular formula is C24H27N3O4. The van der Waals surface area contributed by atoms with Gasteiger partial charge in [0.2, 0.25) is 5.91 Å². The number of carbonyl (C=O) groups excluding carboxylic acids is 2. The van der Waals surface area contributed by atoms with Gasteiger partial charge in [-0.15, -0.1) is 0 Å². The molecule has 0 bridgehead atoms. The zero-order valence-corrected chi connectivity index (χ0v) is 17.8. The van der Waals surface area contributed by atoms with E-state index in [4.69, 9.17) is 9.47 Å². The Morgan fingerprint density at radius 3 is 2.68 bits per heavy atom. The number of hydrogen-bond donors (Lipinski definition) is 1. The number of likely N-dealkylation sites (N-methyl/N-ethyl adjacent to an activating group) is 1. The lowest BCUT2D eigenvalue weighted by Gasteiger charge is -2.35. The fraction of sp³-hybridized carbons (Fsp3) is 0.333. The highest BCUT2D eigenvalue weighted by Gasteiger charge is 2.34. The van der Waals surface area contributed by atoms with E-state index < -0.39 is 6.04 Å². The minimum atomic E-state index is -0.540. The van der Waals surface area contributed by atoms with Gasteiger partial charge in [0.05, 0.1) is 12.1 Å². The average Bonchev–Trinajstić information content (AvgIpc) is 3.23. The van der Waals surface area contributed by atoms with Crippen molar-refractivity contribution in [3.8, 4) is 5.75 Å². The van der Waals surface area contributed by atoms with Crippen molar-refractivity contribution in [1.29, 1.82) is 0 Å². The SMILES string of the molecule is CNC(=O)[C@H]1Cc2ccccc2CN1C(=O)COc1cccc2c1ccn2CCOC. The van der Waals surface area contributed by atoms with E-state index in [9.17, 15) is 9.59 Å². The summed E-state index contributed by atoms with van der Waals surface area (Å²) >= 11 is 0. The van der Waals surface area contributed by atoms with Gasteiger partial charge in [-0.05, 0) is 29.3 Å². The van der Waals surface area contributed by atoms with E-state index in [1.807, 2.05) is 54.7 Å². The quantitative estimate of drug-likeness (QED) is 0.636. The Labute approximate surface area is 181 Å². The fourth-order valence-corrected chi connectivity index (χ4v) is 4.11. The average molecular weight is 421 g/mol. The topological polar surface area (TPSA) is 72.8 Å². The van der Waals surface area contributed by atoms with Gasteiger partial charge in [-0.25, -0.2) is 0 Å². The molecule has 0 aliphatic carbocycles. The Morgan fingerprint density at radius 2 is 1.90 bits per heavy atom. The van der Waals surface area contributed by atoms with Crippen molar-refractivity contribution in [3.05, 3.63) is 65.9 Å². The molecule has 7 nitrogen and oxygen atoms in total. The van der Waals surface area contributed by atoms with Crippen LogP contribution in [0.4, 0.5) is 0 Å². The molecule has 1 atom stereocenters. The maximum Gasteiger partial charge on any atom is 0.261 e. The van der Waals surface area contributed by atoms with Crippen molar-refractivity contribution in [2.45, 2.75) is 25.6 Å². The minimum Gasteiger partial charge on any atom is -0.483 e. The van der Waals surface area contributed by atoms with Gasteiger partial charge in [0, 0.05) is 45.3 Å². The molecule has 0 radical (unpaired) electrons. The molecule has 4 rings (SSSR count). The van der Waals surface area contributed by atoms with E-state index in [1.54, 1.807) is 19.1 Å². The fourth-order valence-electron chi connectivity index (χ4n) is 4.11. The predicted molar refractivity (Wildman–Crippen MR) is 118 cm³/mol. The summed E-state index contributed by atoms with van der Waals surface area (Å²) < 4.78 is 13.2. The molecular weight excluding hydrogens is 394 g/mol. The first kappa shape index (κ1) is 20.9. The highest BCUT2D eigenvalue weighted by atomic mass is 16.5. The molecule has 2 amide bonds. The number of rotatable bonds is 7. The number of aromatic nitrogens is 1. The van der Waals surface area contributed by atoms with Gasteiger partial charge in [0.25, 0.3) is 5.91 Å². The van der Waals surface area contributed by atoms with Crippen LogP contribution in [0.25, 0.3) is 10.9 Å². The number of methoxy groups -OCH3 is 1. The molecule has 0 unspecified atom stereocenters. The van der Waals surface area contributed by atoms with Crippen LogP contribution in [0.3, 0.4) is 0 Å². The number of nitrogens with zero attached hydrogens (tertiary/aromatic N) is 2. The maximum atomic E-state index is 13.1. The van der Waals surface area contributed by atoms with Gasteiger partial charge in [0.15, 0.2) is 6.61 Å². The van der Waals surface area contributed by atoms with E-state index in [0.717, 1.165) is 28.6 Å². The lowest BCUT2D eigenvalue weighted by molar-refractivity contribution is -0.143. The van der Waals surface area contributed by atoms with Crippen molar-refractivity contribution in [3.63, 3.8) is 0 Å². The zero-order chi connectivity index (χ0) is 21.8. The summed E-state index contributed by atoms with van der Waals surface area (Å²) in [7, 11) is 3.27. The molecule has 1 N–H and O–H groups in total. The lowest BCUT2D eigenvalue weighted by atomic mass is 9.93. The first-order valence-corrected chi connectivity index (χ1v) is 10.4. The monoisotopic (exact) mass is 421 g/mol. The second kappa shape index (κ2) is 9.22. The molecule has 0 spiro atoms. The second-order valence-corrected chi connectivity index (χ2v) is 7.60. The summed E-state index contributed by atoms with van der Waals surface area (Å²) in [5.41, 5.74) is 3.19. The molecule has 1 aromatic heterocycles. The van der Waals surface area contributed by atoms with E-state index in [2.05, 4.69) is 9.88 Å². The summed E-state index contributed by atoms with van der Waals surface area (Å²) in [6, 6.07) is 15.2. The lowest BCUT2D eigenvalue weighted by Crippen LogP contribution is -2.53. The summed E-state index contributed by atoms with van der Waals surface area (Å²) in [5, 5.41) is 3.62. The van der Waals surface area contributed by atoms with Crippen LogP contribution in [0.1, 0.15) is 11.1 Å². The minimum absolute atomic E-state index is 0.127. The number of carbonyl (C=O) groups is 2. The highest BCUT2D eigenvalue weighted by molar-refractivity contribution is 5.90. The number of nitrogens with one attached hydrogen (secondary N) is 1. The van der Waals surface area contributed by atoms with Crippen LogP contribution in [0.15, 0.2) is 54.7 Å². The Bertz CT molecular complexity index is 1090. The van der Waals surface area contributed by atoms with Crippen LogP contribution in [0.5, 0.6) is 5.75 Å². The highest BCUT2D eigenvalue weighted by Crippen LogP contribution is 2.28. The Kier molecular flexibility index (Phi) is 6.23. The van der Waals surface area contributed by atoms with Crippen molar-refractivity contribution in [2.75, 3.05) is 27.4 Å².